The Morgan fingerprint density at radius 3 is 2.39 bits per heavy atom. The summed E-state index contributed by atoms with van der Waals surface area (Å²) >= 11 is 3.09. The Morgan fingerprint density at radius 1 is 1.28 bits per heavy atom. The molecule has 1 aromatic rings. The molecule has 0 saturated heterocycles. The fourth-order valence-corrected chi connectivity index (χ4v) is 2.15. The number of alkyl halides is 3. The van der Waals surface area contributed by atoms with E-state index in [0.29, 0.717) is 16.0 Å². The van der Waals surface area contributed by atoms with E-state index in [1.165, 1.54) is 12.1 Å². The molecule has 0 spiro atoms. The first kappa shape index (κ1) is 13.4. The molecule has 0 saturated carbocycles. The number of ether oxygens (including phenoxy) is 2. The number of hydrogen-bond donors (Lipinski definition) is 2. The number of benzene rings is 1. The van der Waals surface area contributed by atoms with Gasteiger partial charge >= 0.3 is 6.18 Å². The third-order valence-electron chi connectivity index (χ3n) is 2.53. The van der Waals surface area contributed by atoms with Crippen LogP contribution in [0.15, 0.2) is 16.6 Å². The second kappa shape index (κ2) is 4.60. The monoisotopic (exact) mass is 327 g/mol. The van der Waals surface area contributed by atoms with Gasteiger partial charge in [0.25, 0.3) is 0 Å². The Labute approximate surface area is 109 Å². The van der Waals surface area contributed by atoms with Crippen molar-refractivity contribution in [2.45, 2.75) is 18.3 Å². The van der Waals surface area contributed by atoms with Crippen LogP contribution in [0.2, 0.25) is 0 Å². The predicted octanol–water partition coefficient (Wildman–Crippen LogP) is 2.10. The topological polar surface area (TPSA) is 64.7 Å². The molecule has 3 N–H and O–H groups in total. The van der Waals surface area contributed by atoms with Crippen molar-refractivity contribution in [1.29, 1.82) is 0 Å². The number of halogens is 4. The molecule has 100 valence electrons. The van der Waals surface area contributed by atoms with Gasteiger partial charge in [-0.25, -0.2) is 0 Å². The summed E-state index contributed by atoms with van der Waals surface area (Å²) in [5.41, 5.74) is 5.52. The summed E-state index contributed by atoms with van der Waals surface area (Å²) in [6, 6.07) is 1.18. The van der Waals surface area contributed by atoms with Gasteiger partial charge in [-0.3, -0.25) is 0 Å². The van der Waals surface area contributed by atoms with Gasteiger partial charge in [-0.15, -0.1) is 0 Å². The van der Waals surface area contributed by atoms with Crippen molar-refractivity contribution < 1.29 is 27.8 Å². The maximum Gasteiger partial charge on any atom is 0.416 e. The largest absolute Gasteiger partial charge is 0.454 e. The van der Waals surface area contributed by atoms with Gasteiger partial charge in [0.15, 0.2) is 17.6 Å². The molecule has 0 unspecified atom stereocenters. The molecule has 0 aliphatic carbocycles. The number of rotatable bonds is 2. The van der Waals surface area contributed by atoms with Crippen LogP contribution in [0, 0.1) is 0 Å². The molecule has 0 radical (unpaired) electrons. The molecule has 0 aromatic heterocycles. The Hall–Kier alpha value is -0.990. The number of aliphatic hydroxyl groups excluding tert-OH is 1. The highest BCUT2D eigenvalue weighted by Gasteiger charge is 2.43. The van der Waals surface area contributed by atoms with Gasteiger partial charge in [-0.05, 0) is 17.7 Å². The van der Waals surface area contributed by atoms with Crippen LogP contribution in [-0.2, 0) is 0 Å². The molecular weight excluding hydrogens is 319 g/mol. The van der Waals surface area contributed by atoms with E-state index in [9.17, 15) is 13.2 Å². The zero-order valence-corrected chi connectivity index (χ0v) is 10.5. The average molecular weight is 328 g/mol. The predicted molar refractivity (Wildman–Crippen MR) is 59.3 cm³/mol. The van der Waals surface area contributed by atoms with Crippen LogP contribution < -0.4 is 15.2 Å². The molecule has 0 fully saturated rings. The second-order valence-electron chi connectivity index (χ2n) is 3.74. The fourth-order valence-electron chi connectivity index (χ4n) is 1.56. The molecule has 0 bridgehead atoms. The normalized spacial score (nSPS) is 17.7. The maximum absolute atomic E-state index is 12.4. The highest BCUT2D eigenvalue weighted by molar-refractivity contribution is 9.10. The van der Waals surface area contributed by atoms with Gasteiger partial charge in [-0.1, -0.05) is 15.9 Å². The number of fused-ring (bicyclic) bond motifs is 1. The molecule has 2 rings (SSSR count). The van der Waals surface area contributed by atoms with Gasteiger partial charge in [0, 0.05) is 4.47 Å². The summed E-state index contributed by atoms with van der Waals surface area (Å²) < 4.78 is 47.6. The average Bonchev–Trinajstić information content (AvgIpc) is 2.71. The van der Waals surface area contributed by atoms with Crippen molar-refractivity contribution in [1.82, 2.24) is 0 Å². The lowest BCUT2D eigenvalue weighted by molar-refractivity contribution is -0.210. The van der Waals surface area contributed by atoms with Crippen molar-refractivity contribution >= 4 is 15.9 Å². The van der Waals surface area contributed by atoms with Crippen LogP contribution in [0.25, 0.3) is 0 Å². The molecule has 1 aromatic carbocycles. The van der Waals surface area contributed by atoms with Gasteiger partial charge in [0.1, 0.15) is 0 Å². The standard InChI is InChI=1S/C10H9BrF3NO3/c11-5-2-7-6(17-3-18-7)1-4(5)8(15)9(16)10(12,13)14/h1-2,8-9,16H,3,15H2/t8-,9-/m0/s1. The van der Waals surface area contributed by atoms with Crippen molar-refractivity contribution in [3.05, 3.63) is 22.2 Å². The molecule has 0 amide bonds. The van der Waals surface area contributed by atoms with Crippen molar-refractivity contribution in [3.8, 4) is 11.5 Å². The third-order valence-corrected chi connectivity index (χ3v) is 3.21. The first-order valence-corrected chi connectivity index (χ1v) is 5.69. The minimum atomic E-state index is -4.78. The molecule has 1 heterocycles. The first-order chi connectivity index (χ1) is 8.30. The van der Waals surface area contributed by atoms with E-state index in [2.05, 4.69) is 15.9 Å². The molecule has 4 nitrogen and oxygen atoms in total. The zero-order valence-electron chi connectivity index (χ0n) is 8.87. The van der Waals surface area contributed by atoms with E-state index in [1.54, 1.807) is 0 Å². The third kappa shape index (κ3) is 2.40. The van der Waals surface area contributed by atoms with Crippen LogP contribution in [0.5, 0.6) is 11.5 Å². The van der Waals surface area contributed by atoms with E-state index in [0.717, 1.165) is 0 Å². The van der Waals surface area contributed by atoms with Gasteiger partial charge < -0.3 is 20.3 Å². The quantitative estimate of drug-likeness (QED) is 0.873. The van der Waals surface area contributed by atoms with Crippen LogP contribution in [-0.4, -0.2) is 24.2 Å². The molecule has 18 heavy (non-hydrogen) atoms. The molecular formula is C10H9BrF3NO3. The highest BCUT2D eigenvalue weighted by atomic mass is 79.9. The Morgan fingerprint density at radius 2 is 1.83 bits per heavy atom. The second-order valence-corrected chi connectivity index (χ2v) is 4.59. The fraction of sp³-hybridized carbons (Fsp3) is 0.400. The lowest BCUT2D eigenvalue weighted by atomic mass is 10.0. The van der Waals surface area contributed by atoms with E-state index >= 15 is 0 Å². The molecule has 2 atom stereocenters. The number of nitrogens with two attached hydrogens (primary N) is 1. The Bertz CT molecular complexity index is 466. The SMILES string of the molecule is N[C@@H](c1cc2c(cc1Br)OCO2)[C@H](O)C(F)(F)F. The maximum atomic E-state index is 12.4. The van der Waals surface area contributed by atoms with Crippen LogP contribution in [0.1, 0.15) is 11.6 Å². The lowest BCUT2D eigenvalue weighted by Crippen LogP contribution is -2.39. The summed E-state index contributed by atoms with van der Waals surface area (Å²) in [5.74, 6) is 0.720. The highest BCUT2D eigenvalue weighted by Crippen LogP contribution is 2.40. The van der Waals surface area contributed by atoms with Gasteiger partial charge in [0.2, 0.25) is 6.79 Å². The van der Waals surface area contributed by atoms with Gasteiger partial charge in [0.05, 0.1) is 6.04 Å². The minimum Gasteiger partial charge on any atom is -0.454 e. The van der Waals surface area contributed by atoms with E-state index < -0.39 is 18.3 Å². The van der Waals surface area contributed by atoms with E-state index in [4.69, 9.17) is 20.3 Å². The summed E-state index contributed by atoms with van der Waals surface area (Å²) in [5, 5.41) is 9.14. The van der Waals surface area contributed by atoms with Gasteiger partial charge in [-0.2, -0.15) is 13.2 Å². The molecule has 1 aliphatic heterocycles. The molecule has 8 heteroatoms. The van der Waals surface area contributed by atoms with E-state index in [1.807, 2.05) is 0 Å². The van der Waals surface area contributed by atoms with E-state index in [-0.39, 0.29) is 12.4 Å². The number of hydrogen-bond acceptors (Lipinski definition) is 4. The summed E-state index contributed by atoms with van der Waals surface area (Å²) in [6.45, 7) is 0.00227. The van der Waals surface area contributed by atoms with Crippen molar-refractivity contribution in [2.24, 2.45) is 5.73 Å². The number of aliphatic hydroxyl groups is 1. The lowest BCUT2D eigenvalue weighted by Gasteiger charge is -2.22. The first-order valence-electron chi connectivity index (χ1n) is 4.90. The Kier molecular flexibility index (Phi) is 3.43. The Balaban J connectivity index is 2.34. The van der Waals surface area contributed by atoms with Crippen LogP contribution in [0.3, 0.4) is 0 Å². The zero-order chi connectivity index (χ0) is 13.5. The summed E-state index contributed by atoms with van der Waals surface area (Å²) in [6.07, 6.45) is -7.43. The van der Waals surface area contributed by atoms with Crippen LogP contribution >= 0.6 is 15.9 Å². The summed E-state index contributed by atoms with van der Waals surface area (Å²) in [7, 11) is 0. The minimum absolute atomic E-state index is 0.00227. The summed E-state index contributed by atoms with van der Waals surface area (Å²) in [4.78, 5) is 0. The van der Waals surface area contributed by atoms with Crippen LogP contribution in [0.4, 0.5) is 13.2 Å². The smallest absolute Gasteiger partial charge is 0.416 e. The molecule has 1 aliphatic rings. The van der Waals surface area contributed by atoms with Crippen molar-refractivity contribution in [2.75, 3.05) is 6.79 Å². The van der Waals surface area contributed by atoms with Crippen molar-refractivity contribution in [3.63, 3.8) is 0 Å².